The molecular weight excluding hydrogens is 427 g/mol. The summed E-state index contributed by atoms with van der Waals surface area (Å²) in [5.74, 6) is -0.427. The van der Waals surface area contributed by atoms with Crippen molar-refractivity contribution >= 4 is 58.7 Å². The molecule has 0 bridgehead atoms. The van der Waals surface area contributed by atoms with E-state index in [0.29, 0.717) is 15.7 Å². The van der Waals surface area contributed by atoms with E-state index in [1.165, 1.54) is 0 Å². The van der Waals surface area contributed by atoms with Gasteiger partial charge in [-0.2, -0.15) is 0 Å². The molecule has 1 heterocycles. The van der Waals surface area contributed by atoms with Crippen LogP contribution in [0.3, 0.4) is 0 Å². The number of nitrogens with zero attached hydrogens (tertiary/aromatic N) is 1. The van der Waals surface area contributed by atoms with Crippen LogP contribution in [0.2, 0.25) is 10.0 Å². The van der Waals surface area contributed by atoms with Gasteiger partial charge in [0.1, 0.15) is 5.70 Å². The molecule has 0 aromatic heterocycles. The van der Waals surface area contributed by atoms with Gasteiger partial charge in [-0.3, -0.25) is 4.79 Å². The Balaban J connectivity index is 1.64. The van der Waals surface area contributed by atoms with Gasteiger partial charge >= 0.3 is 6.03 Å². The number of carbonyl (C=O) groups excluding carboxylic acids is 2. The van der Waals surface area contributed by atoms with Gasteiger partial charge in [0.15, 0.2) is 0 Å². The predicted molar refractivity (Wildman–Crippen MR) is 117 cm³/mol. The quantitative estimate of drug-likeness (QED) is 0.385. The molecule has 3 amide bonds. The Labute approximate surface area is 182 Å². The monoisotopic (exact) mass is 440 g/mol. The van der Waals surface area contributed by atoms with Crippen LogP contribution in [0.25, 0.3) is 6.08 Å². The average molecular weight is 441 g/mol. The maximum absolute atomic E-state index is 12.8. The van der Waals surface area contributed by atoms with Crippen LogP contribution in [0, 0.1) is 0 Å². The van der Waals surface area contributed by atoms with Crippen LogP contribution in [-0.4, -0.2) is 11.9 Å². The summed E-state index contributed by atoms with van der Waals surface area (Å²) in [6, 6.07) is 21.3. The lowest BCUT2D eigenvalue weighted by Gasteiger charge is -2.11. The molecule has 1 aliphatic heterocycles. The molecule has 0 unspecified atom stereocenters. The fraction of sp³-hybridized carbons (Fsp3) is 0. The molecule has 1 fully saturated rings. The van der Waals surface area contributed by atoms with E-state index < -0.39 is 11.9 Å². The molecule has 0 atom stereocenters. The van der Waals surface area contributed by atoms with Crippen LogP contribution >= 0.6 is 35.0 Å². The first-order chi connectivity index (χ1) is 14.0. The number of anilines is 1. The molecular formula is C22H14Cl2N2O2S. The molecule has 0 saturated carbocycles. The van der Waals surface area contributed by atoms with Crippen molar-refractivity contribution in [3.8, 4) is 0 Å². The molecule has 3 aromatic rings. The summed E-state index contributed by atoms with van der Waals surface area (Å²) in [6.07, 6.45) is 1.68. The maximum atomic E-state index is 12.8. The highest BCUT2D eigenvalue weighted by Gasteiger charge is 2.35. The fourth-order valence-corrected chi connectivity index (χ4v) is 4.09. The number of amides is 3. The lowest BCUT2D eigenvalue weighted by Crippen LogP contribution is -2.30. The van der Waals surface area contributed by atoms with E-state index in [2.05, 4.69) is 5.32 Å². The molecule has 144 valence electrons. The van der Waals surface area contributed by atoms with Gasteiger partial charge in [-0.15, -0.1) is 0 Å². The predicted octanol–water partition coefficient (Wildman–Crippen LogP) is 6.24. The van der Waals surface area contributed by atoms with E-state index in [9.17, 15) is 9.59 Å². The number of urea groups is 1. The Morgan fingerprint density at radius 3 is 2.38 bits per heavy atom. The van der Waals surface area contributed by atoms with Crippen molar-refractivity contribution in [3.63, 3.8) is 0 Å². The van der Waals surface area contributed by atoms with Crippen molar-refractivity contribution < 1.29 is 9.59 Å². The zero-order chi connectivity index (χ0) is 20.4. The second-order valence-corrected chi connectivity index (χ2v) is 8.19. The minimum Gasteiger partial charge on any atom is -0.302 e. The highest BCUT2D eigenvalue weighted by Crippen LogP contribution is 2.33. The largest absolute Gasteiger partial charge is 0.333 e. The van der Waals surface area contributed by atoms with Crippen molar-refractivity contribution in [1.82, 2.24) is 5.32 Å². The van der Waals surface area contributed by atoms with Gasteiger partial charge in [0.25, 0.3) is 5.91 Å². The Morgan fingerprint density at radius 1 is 0.862 bits per heavy atom. The molecule has 0 aliphatic carbocycles. The summed E-state index contributed by atoms with van der Waals surface area (Å²) in [5.41, 5.74) is 1.45. The van der Waals surface area contributed by atoms with E-state index in [4.69, 9.17) is 23.2 Å². The normalized spacial score (nSPS) is 15.1. The van der Waals surface area contributed by atoms with E-state index in [-0.39, 0.29) is 5.70 Å². The standard InChI is InChI=1S/C22H14Cl2N2O2S/c23-15-8-10-18(11-9-15)29-20-7-2-1-4-14(20)12-19-21(27)26(22(28)25-19)17-6-3-5-16(24)13-17/h1-13H,(H,25,28)/b19-12+. The highest BCUT2D eigenvalue weighted by atomic mass is 35.5. The van der Waals surface area contributed by atoms with Gasteiger partial charge in [0.05, 0.1) is 5.69 Å². The molecule has 7 heteroatoms. The van der Waals surface area contributed by atoms with Crippen LogP contribution in [0.5, 0.6) is 0 Å². The summed E-state index contributed by atoms with van der Waals surface area (Å²) in [5, 5.41) is 3.77. The summed E-state index contributed by atoms with van der Waals surface area (Å²) in [6.45, 7) is 0. The van der Waals surface area contributed by atoms with Crippen molar-refractivity contribution in [1.29, 1.82) is 0 Å². The zero-order valence-electron chi connectivity index (χ0n) is 14.9. The van der Waals surface area contributed by atoms with E-state index in [1.54, 1.807) is 42.1 Å². The first-order valence-electron chi connectivity index (χ1n) is 8.66. The lowest BCUT2D eigenvalue weighted by molar-refractivity contribution is -0.113. The van der Waals surface area contributed by atoms with E-state index in [0.717, 1.165) is 20.3 Å². The number of halogens is 2. The van der Waals surface area contributed by atoms with Crippen molar-refractivity contribution in [2.24, 2.45) is 0 Å². The molecule has 1 N–H and O–H groups in total. The molecule has 0 spiro atoms. The third-order valence-electron chi connectivity index (χ3n) is 4.20. The minimum absolute atomic E-state index is 0.208. The number of benzene rings is 3. The Hall–Kier alpha value is -2.73. The van der Waals surface area contributed by atoms with Crippen LogP contribution in [-0.2, 0) is 4.79 Å². The average Bonchev–Trinajstić information content (AvgIpc) is 2.98. The number of nitrogens with one attached hydrogen (secondary N) is 1. The number of imide groups is 1. The first kappa shape index (κ1) is 19.6. The minimum atomic E-state index is -0.508. The van der Waals surface area contributed by atoms with Crippen LogP contribution in [0.15, 0.2) is 88.3 Å². The number of hydrogen-bond donors (Lipinski definition) is 1. The SMILES string of the molecule is O=C1N/C(=C/c2ccccc2Sc2ccc(Cl)cc2)C(=O)N1c1cccc(Cl)c1. The second kappa shape index (κ2) is 8.33. The maximum Gasteiger partial charge on any atom is 0.333 e. The van der Waals surface area contributed by atoms with Crippen molar-refractivity contribution in [2.45, 2.75) is 9.79 Å². The Bertz CT molecular complexity index is 1130. The number of carbonyl (C=O) groups is 2. The number of hydrogen-bond acceptors (Lipinski definition) is 3. The molecule has 0 radical (unpaired) electrons. The van der Waals surface area contributed by atoms with E-state index >= 15 is 0 Å². The molecule has 29 heavy (non-hydrogen) atoms. The smallest absolute Gasteiger partial charge is 0.302 e. The third-order valence-corrected chi connectivity index (χ3v) is 5.79. The summed E-state index contributed by atoms with van der Waals surface area (Å²) < 4.78 is 0. The molecule has 1 saturated heterocycles. The molecule has 4 rings (SSSR count). The van der Waals surface area contributed by atoms with Gasteiger partial charge in [-0.1, -0.05) is 59.2 Å². The lowest BCUT2D eigenvalue weighted by atomic mass is 10.2. The van der Waals surface area contributed by atoms with Gasteiger partial charge in [0.2, 0.25) is 0 Å². The first-order valence-corrected chi connectivity index (χ1v) is 10.2. The van der Waals surface area contributed by atoms with Crippen molar-refractivity contribution in [3.05, 3.63) is 94.1 Å². The zero-order valence-corrected chi connectivity index (χ0v) is 17.3. The number of rotatable bonds is 4. The van der Waals surface area contributed by atoms with Gasteiger partial charge in [-0.05, 0) is 60.2 Å². The molecule has 3 aromatic carbocycles. The Morgan fingerprint density at radius 2 is 1.62 bits per heavy atom. The van der Waals surface area contributed by atoms with Gasteiger partial charge in [0, 0.05) is 19.8 Å². The van der Waals surface area contributed by atoms with Crippen LogP contribution < -0.4 is 10.2 Å². The molecule has 4 nitrogen and oxygen atoms in total. The Kier molecular flexibility index (Phi) is 5.62. The van der Waals surface area contributed by atoms with Crippen molar-refractivity contribution in [2.75, 3.05) is 4.90 Å². The molecule has 1 aliphatic rings. The fourth-order valence-electron chi connectivity index (χ4n) is 2.86. The summed E-state index contributed by atoms with van der Waals surface area (Å²) in [7, 11) is 0. The highest BCUT2D eigenvalue weighted by molar-refractivity contribution is 7.99. The van der Waals surface area contributed by atoms with Gasteiger partial charge < -0.3 is 5.32 Å². The van der Waals surface area contributed by atoms with E-state index in [1.807, 2.05) is 48.5 Å². The van der Waals surface area contributed by atoms with Gasteiger partial charge in [-0.25, -0.2) is 9.69 Å². The second-order valence-electron chi connectivity index (χ2n) is 6.20. The van der Waals surface area contributed by atoms with Crippen LogP contribution in [0.1, 0.15) is 5.56 Å². The summed E-state index contributed by atoms with van der Waals surface area (Å²) >= 11 is 13.5. The topological polar surface area (TPSA) is 49.4 Å². The van der Waals surface area contributed by atoms with Crippen LogP contribution in [0.4, 0.5) is 10.5 Å². The third kappa shape index (κ3) is 4.32. The summed E-state index contributed by atoms with van der Waals surface area (Å²) in [4.78, 5) is 28.3.